The van der Waals surface area contributed by atoms with E-state index in [9.17, 15) is 9.18 Å². The zero-order valence-electron chi connectivity index (χ0n) is 21.2. The fraction of sp³-hybridized carbons (Fsp3) is 0.538. The van der Waals surface area contributed by atoms with Crippen molar-refractivity contribution in [2.45, 2.75) is 59.3 Å². The topological polar surface area (TPSA) is 79.2 Å². The number of carbonyl (C=O) groups excluding carboxylic acids is 1. The second-order valence-electron chi connectivity index (χ2n) is 9.33. The number of hydrogen-bond donors (Lipinski definition) is 1. The standard InChI is InChI=1S/C26H36FN7O/c1-5-7-13-28-26(35)33-16-14-32(15-17-33)24-22-19(4)31-34(21-11-9-20(27)10-12-21)25(22)30-23(29-24)18(3)8-6-2/h9-12,18H,5-8,13-17H2,1-4H3,(H,28,35). The highest BCUT2D eigenvalue weighted by Gasteiger charge is 2.27. The van der Waals surface area contributed by atoms with E-state index in [4.69, 9.17) is 15.1 Å². The van der Waals surface area contributed by atoms with Crippen LogP contribution in [0.2, 0.25) is 0 Å². The van der Waals surface area contributed by atoms with Gasteiger partial charge in [0.05, 0.1) is 16.8 Å². The summed E-state index contributed by atoms with van der Waals surface area (Å²) >= 11 is 0. The lowest BCUT2D eigenvalue weighted by Crippen LogP contribution is -2.52. The van der Waals surface area contributed by atoms with Gasteiger partial charge >= 0.3 is 6.03 Å². The molecular formula is C26H36FN7O. The molecule has 0 saturated carbocycles. The second-order valence-corrected chi connectivity index (χ2v) is 9.33. The van der Waals surface area contributed by atoms with Crippen LogP contribution < -0.4 is 10.2 Å². The number of carbonyl (C=O) groups is 1. The number of fused-ring (bicyclic) bond motifs is 1. The molecule has 188 valence electrons. The lowest BCUT2D eigenvalue weighted by atomic mass is 10.1. The average molecular weight is 482 g/mol. The number of urea groups is 1. The van der Waals surface area contributed by atoms with Crippen molar-refractivity contribution in [2.75, 3.05) is 37.6 Å². The molecule has 0 spiro atoms. The molecule has 3 aromatic rings. The molecule has 1 atom stereocenters. The number of rotatable bonds is 8. The maximum Gasteiger partial charge on any atom is 0.317 e. The number of anilines is 1. The molecule has 4 rings (SSSR count). The van der Waals surface area contributed by atoms with Gasteiger partial charge in [-0.1, -0.05) is 33.6 Å². The first kappa shape index (κ1) is 24.9. The van der Waals surface area contributed by atoms with Gasteiger partial charge in [0.15, 0.2) is 5.65 Å². The first-order valence-electron chi connectivity index (χ1n) is 12.7. The van der Waals surface area contributed by atoms with Crippen LogP contribution >= 0.6 is 0 Å². The molecule has 2 amide bonds. The van der Waals surface area contributed by atoms with Crippen molar-refractivity contribution in [1.29, 1.82) is 0 Å². The summed E-state index contributed by atoms with van der Waals surface area (Å²) in [4.78, 5) is 26.6. The molecular weight excluding hydrogens is 445 g/mol. The fourth-order valence-corrected chi connectivity index (χ4v) is 4.56. The lowest BCUT2D eigenvalue weighted by molar-refractivity contribution is 0.194. The van der Waals surface area contributed by atoms with Crippen LogP contribution in [0.15, 0.2) is 24.3 Å². The van der Waals surface area contributed by atoms with E-state index in [1.807, 2.05) is 11.8 Å². The Kier molecular flexibility index (Phi) is 7.83. The summed E-state index contributed by atoms with van der Waals surface area (Å²) in [5.74, 6) is 1.57. The minimum absolute atomic E-state index is 0.00324. The van der Waals surface area contributed by atoms with E-state index in [0.717, 1.165) is 59.7 Å². The molecule has 1 aliphatic rings. The Balaban J connectivity index is 1.68. The Morgan fingerprint density at radius 1 is 1.09 bits per heavy atom. The van der Waals surface area contributed by atoms with Gasteiger partial charge in [-0.15, -0.1) is 0 Å². The maximum absolute atomic E-state index is 13.6. The number of unbranched alkanes of at least 4 members (excludes halogenated alkanes) is 1. The number of amides is 2. The molecule has 9 heteroatoms. The van der Waals surface area contributed by atoms with Crippen LogP contribution in [0.3, 0.4) is 0 Å². The van der Waals surface area contributed by atoms with E-state index >= 15 is 0 Å². The first-order chi connectivity index (χ1) is 16.9. The number of hydrogen-bond acceptors (Lipinski definition) is 5. The highest BCUT2D eigenvalue weighted by molar-refractivity contribution is 5.91. The molecule has 1 fully saturated rings. The van der Waals surface area contributed by atoms with E-state index in [1.165, 1.54) is 12.1 Å². The van der Waals surface area contributed by atoms with Gasteiger partial charge in [-0.05, 0) is 44.0 Å². The van der Waals surface area contributed by atoms with E-state index in [2.05, 4.69) is 31.0 Å². The molecule has 1 unspecified atom stereocenters. The highest BCUT2D eigenvalue weighted by Crippen LogP contribution is 2.32. The number of benzene rings is 1. The first-order valence-corrected chi connectivity index (χ1v) is 12.7. The average Bonchev–Trinajstić information content (AvgIpc) is 3.20. The van der Waals surface area contributed by atoms with Gasteiger partial charge in [0, 0.05) is 38.6 Å². The monoisotopic (exact) mass is 481 g/mol. The predicted molar refractivity (Wildman–Crippen MR) is 137 cm³/mol. The Hall–Kier alpha value is -3.23. The SMILES string of the molecule is CCCCNC(=O)N1CCN(c2nc(C(C)CCC)nc3c2c(C)nn3-c2ccc(F)cc2)CC1. The quantitative estimate of drug-likeness (QED) is 0.468. The third-order valence-corrected chi connectivity index (χ3v) is 6.61. The normalized spacial score (nSPS) is 15.0. The maximum atomic E-state index is 13.6. The summed E-state index contributed by atoms with van der Waals surface area (Å²) in [6.07, 6.45) is 4.07. The molecule has 35 heavy (non-hydrogen) atoms. The van der Waals surface area contributed by atoms with E-state index in [-0.39, 0.29) is 17.8 Å². The number of aromatic nitrogens is 4. The summed E-state index contributed by atoms with van der Waals surface area (Å²) in [5.41, 5.74) is 2.32. The van der Waals surface area contributed by atoms with Crippen molar-refractivity contribution in [1.82, 2.24) is 30.0 Å². The summed E-state index contributed by atoms with van der Waals surface area (Å²) in [7, 11) is 0. The molecule has 2 aromatic heterocycles. The summed E-state index contributed by atoms with van der Waals surface area (Å²) in [6.45, 7) is 11.7. The van der Waals surface area contributed by atoms with E-state index < -0.39 is 0 Å². The zero-order valence-corrected chi connectivity index (χ0v) is 21.2. The largest absolute Gasteiger partial charge is 0.352 e. The third kappa shape index (κ3) is 5.39. The molecule has 0 bridgehead atoms. The zero-order chi connectivity index (χ0) is 24.9. The van der Waals surface area contributed by atoms with Crippen molar-refractivity contribution in [3.63, 3.8) is 0 Å². The fourth-order valence-electron chi connectivity index (χ4n) is 4.56. The molecule has 1 aliphatic heterocycles. The number of aryl methyl sites for hydroxylation is 1. The van der Waals surface area contributed by atoms with Crippen molar-refractivity contribution in [2.24, 2.45) is 0 Å². The molecule has 0 aliphatic carbocycles. The smallest absolute Gasteiger partial charge is 0.317 e. The van der Waals surface area contributed by atoms with Gasteiger partial charge in [-0.2, -0.15) is 5.10 Å². The van der Waals surface area contributed by atoms with E-state index in [0.29, 0.717) is 32.7 Å². The third-order valence-electron chi connectivity index (χ3n) is 6.61. The minimum atomic E-state index is -0.286. The molecule has 8 nitrogen and oxygen atoms in total. The van der Waals surface area contributed by atoms with E-state index in [1.54, 1.807) is 16.8 Å². The Morgan fingerprint density at radius 2 is 1.80 bits per heavy atom. The molecule has 1 aromatic carbocycles. The van der Waals surface area contributed by atoms with Gasteiger partial charge in [0.25, 0.3) is 0 Å². The Morgan fingerprint density at radius 3 is 2.46 bits per heavy atom. The van der Waals surface area contributed by atoms with Crippen LogP contribution in [-0.4, -0.2) is 63.4 Å². The van der Waals surface area contributed by atoms with Crippen LogP contribution in [-0.2, 0) is 0 Å². The van der Waals surface area contributed by atoms with Crippen molar-refractivity contribution in [3.05, 3.63) is 41.6 Å². The molecule has 0 radical (unpaired) electrons. The van der Waals surface area contributed by atoms with Crippen molar-refractivity contribution in [3.8, 4) is 5.69 Å². The van der Waals surface area contributed by atoms with Gasteiger partial charge in [-0.25, -0.2) is 23.8 Å². The van der Waals surface area contributed by atoms with Crippen LogP contribution in [0.5, 0.6) is 0 Å². The van der Waals surface area contributed by atoms with Crippen molar-refractivity contribution < 1.29 is 9.18 Å². The van der Waals surface area contributed by atoms with Crippen LogP contribution in [0.1, 0.15) is 63.9 Å². The summed E-state index contributed by atoms with van der Waals surface area (Å²) < 4.78 is 15.4. The molecule has 1 saturated heterocycles. The molecule has 3 heterocycles. The van der Waals surface area contributed by atoms with Gasteiger partial charge in [-0.3, -0.25) is 0 Å². The number of halogens is 1. The van der Waals surface area contributed by atoms with Gasteiger partial charge < -0.3 is 15.1 Å². The van der Waals surface area contributed by atoms with Gasteiger partial charge in [0.1, 0.15) is 17.5 Å². The minimum Gasteiger partial charge on any atom is -0.352 e. The number of piperazine rings is 1. The number of nitrogens with zero attached hydrogens (tertiary/aromatic N) is 6. The summed E-state index contributed by atoms with van der Waals surface area (Å²) in [6, 6.07) is 6.31. The van der Waals surface area contributed by atoms with Crippen LogP contribution in [0.25, 0.3) is 16.7 Å². The second kappa shape index (κ2) is 11.0. The highest BCUT2D eigenvalue weighted by atomic mass is 19.1. The van der Waals surface area contributed by atoms with Crippen LogP contribution in [0, 0.1) is 12.7 Å². The van der Waals surface area contributed by atoms with Gasteiger partial charge in [0.2, 0.25) is 0 Å². The Labute approximate surface area is 206 Å². The van der Waals surface area contributed by atoms with Crippen LogP contribution in [0.4, 0.5) is 15.0 Å². The predicted octanol–water partition coefficient (Wildman–Crippen LogP) is 4.80. The lowest BCUT2D eigenvalue weighted by Gasteiger charge is -2.35. The van der Waals surface area contributed by atoms with Crippen molar-refractivity contribution >= 4 is 22.9 Å². The summed E-state index contributed by atoms with van der Waals surface area (Å²) in [5, 5.41) is 8.69. The number of nitrogens with one attached hydrogen (secondary N) is 1. The molecule has 1 N–H and O–H groups in total. The Bertz CT molecular complexity index is 1150.